The number of para-hydroxylation sites is 1. The number of nitrogens with zero attached hydrogens (tertiary/aromatic N) is 2. The Bertz CT molecular complexity index is 636. The maximum Gasteiger partial charge on any atom is 0.227 e. The molecule has 1 amide bonds. The second kappa shape index (κ2) is 5.99. The van der Waals surface area contributed by atoms with Crippen molar-refractivity contribution in [3.8, 4) is 5.75 Å². The normalized spacial score (nSPS) is 16.9. The van der Waals surface area contributed by atoms with Crippen molar-refractivity contribution in [2.24, 2.45) is 5.92 Å². The highest BCUT2D eigenvalue weighted by Crippen LogP contribution is 2.26. The monoisotopic (exact) mass is 285 g/mol. The molecule has 0 fully saturated rings. The van der Waals surface area contributed by atoms with Gasteiger partial charge in [0.15, 0.2) is 0 Å². The Morgan fingerprint density at radius 3 is 3.14 bits per heavy atom. The Kier molecular flexibility index (Phi) is 3.90. The average Bonchev–Trinajstić information content (AvgIpc) is 3.00. The van der Waals surface area contributed by atoms with Crippen molar-refractivity contribution in [2.75, 3.05) is 6.61 Å². The highest BCUT2D eigenvalue weighted by molar-refractivity contribution is 5.79. The molecule has 2 aromatic rings. The van der Waals surface area contributed by atoms with Gasteiger partial charge < -0.3 is 10.1 Å². The first-order valence-electron chi connectivity index (χ1n) is 7.26. The van der Waals surface area contributed by atoms with E-state index < -0.39 is 0 Å². The number of carbonyl (C=O) groups is 1. The van der Waals surface area contributed by atoms with Gasteiger partial charge in [0, 0.05) is 24.8 Å². The van der Waals surface area contributed by atoms with Crippen LogP contribution in [0.15, 0.2) is 36.7 Å². The number of carbonyl (C=O) groups excluding carboxylic acids is 1. The fourth-order valence-electron chi connectivity index (χ4n) is 2.50. The highest BCUT2D eigenvalue weighted by atomic mass is 16.5. The molecule has 110 valence electrons. The Morgan fingerprint density at radius 2 is 2.33 bits per heavy atom. The number of fused-ring (bicyclic) bond motifs is 1. The van der Waals surface area contributed by atoms with Gasteiger partial charge in [-0.2, -0.15) is 5.10 Å². The first kappa shape index (κ1) is 13.7. The van der Waals surface area contributed by atoms with Crippen LogP contribution in [-0.2, 0) is 24.3 Å². The maximum atomic E-state index is 12.2. The molecule has 0 aliphatic carbocycles. The van der Waals surface area contributed by atoms with E-state index in [1.54, 1.807) is 6.20 Å². The molecule has 2 heterocycles. The molecule has 1 aliphatic heterocycles. The lowest BCUT2D eigenvalue weighted by Gasteiger charge is -2.24. The minimum atomic E-state index is -0.124. The van der Waals surface area contributed by atoms with Crippen molar-refractivity contribution in [3.05, 3.63) is 47.8 Å². The van der Waals surface area contributed by atoms with Crippen LogP contribution in [0, 0.1) is 5.92 Å². The van der Waals surface area contributed by atoms with E-state index in [0.29, 0.717) is 13.2 Å². The van der Waals surface area contributed by atoms with Crippen LogP contribution >= 0.6 is 0 Å². The minimum Gasteiger partial charge on any atom is -0.492 e. The number of nitrogens with one attached hydrogen (secondary N) is 1. The SMILES string of the molecule is CCn1cc(CNC(=O)C2COc3ccccc3C2)cn1. The molecule has 0 radical (unpaired) electrons. The first-order chi connectivity index (χ1) is 10.3. The van der Waals surface area contributed by atoms with E-state index in [4.69, 9.17) is 4.74 Å². The Morgan fingerprint density at radius 1 is 1.48 bits per heavy atom. The molecular formula is C16H19N3O2. The molecule has 5 heteroatoms. The van der Waals surface area contributed by atoms with Crippen LogP contribution in [0.4, 0.5) is 0 Å². The Hall–Kier alpha value is -2.30. The molecule has 3 rings (SSSR count). The van der Waals surface area contributed by atoms with Crippen LogP contribution < -0.4 is 10.1 Å². The molecule has 1 unspecified atom stereocenters. The highest BCUT2D eigenvalue weighted by Gasteiger charge is 2.25. The zero-order chi connectivity index (χ0) is 14.7. The predicted molar refractivity (Wildman–Crippen MR) is 78.9 cm³/mol. The summed E-state index contributed by atoms with van der Waals surface area (Å²) in [6.07, 6.45) is 4.47. The van der Waals surface area contributed by atoms with Crippen molar-refractivity contribution < 1.29 is 9.53 Å². The molecule has 1 N–H and O–H groups in total. The molecule has 1 aromatic heterocycles. The van der Waals surface area contributed by atoms with Crippen molar-refractivity contribution >= 4 is 5.91 Å². The summed E-state index contributed by atoms with van der Waals surface area (Å²) in [5.74, 6) is 0.806. The van der Waals surface area contributed by atoms with Gasteiger partial charge in [-0.1, -0.05) is 18.2 Å². The van der Waals surface area contributed by atoms with Gasteiger partial charge in [-0.15, -0.1) is 0 Å². The van der Waals surface area contributed by atoms with Crippen molar-refractivity contribution in [3.63, 3.8) is 0 Å². The van der Waals surface area contributed by atoms with Crippen LogP contribution in [0.5, 0.6) is 5.75 Å². The summed E-state index contributed by atoms with van der Waals surface area (Å²) in [5, 5.41) is 7.16. The fraction of sp³-hybridized carbons (Fsp3) is 0.375. The lowest BCUT2D eigenvalue weighted by molar-refractivity contribution is -0.126. The number of aromatic nitrogens is 2. The van der Waals surface area contributed by atoms with E-state index >= 15 is 0 Å². The molecule has 0 saturated heterocycles. The van der Waals surface area contributed by atoms with Gasteiger partial charge in [-0.25, -0.2) is 0 Å². The molecule has 0 bridgehead atoms. The molecular weight excluding hydrogens is 266 g/mol. The maximum absolute atomic E-state index is 12.2. The zero-order valence-corrected chi connectivity index (χ0v) is 12.1. The Labute approximate surface area is 123 Å². The van der Waals surface area contributed by atoms with Gasteiger partial charge >= 0.3 is 0 Å². The summed E-state index contributed by atoms with van der Waals surface area (Å²) in [6.45, 7) is 3.82. The van der Waals surface area contributed by atoms with Gasteiger partial charge in [-0.05, 0) is 25.0 Å². The van der Waals surface area contributed by atoms with Gasteiger partial charge in [-0.3, -0.25) is 9.48 Å². The summed E-state index contributed by atoms with van der Waals surface area (Å²) < 4.78 is 7.50. The standard InChI is InChI=1S/C16H19N3O2/c1-2-19-10-12(9-18-19)8-17-16(20)14-7-13-5-3-4-6-15(13)21-11-14/h3-6,9-10,14H,2,7-8,11H2,1H3,(H,17,20). The number of amides is 1. The van der Waals surface area contributed by atoms with Crippen molar-refractivity contribution in [1.82, 2.24) is 15.1 Å². The fourth-order valence-corrected chi connectivity index (χ4v) is 2.50. The third-order valence-corrected chi connectivity index (χ3v) is 3.73. The minimum absolute atomic E-state index is 0.0359. The predicted octanol–water partition coefficient (Wildman–Crippen LogP) is 1.77. The van der Waals surface area contributed by atoms with Crippen LogP contribution in [0.3, 0.4) is 0 Å². The van der Waals surface area contributed by atoms with Gasteiger partial charge in [0.25, 0.3) is 0 Å². The van der Waals surface area contributed by atoms with E-state index in [2.05, 4.69) is 10.4 Å². The zero-order valence-electron chi connectivity index (χ0n) is 12.1. The van der Waals surface area contributed by atoms with Gasteiger partial charge in [0.05, 0.1) is 12.1 Å². The lowest BCUT2D eigenvalue weighted by Crippen LogP contribution is -2.36. The molecule has 0 spiro atoms. The summed E-state index contributed by atoms with van der Waals surface area (Å²) in [4.78, 5) is 12.2. The molecule has 1 aromatic carbocycles. The average molecular weight is 285 g/mol. The van der Waals surface area contributed by atoms with E-state index in [1.165, 1.54) is 0 Å². The molecule has 1 aliphatic rings. The number of aryl methyl sites for hydroxylation is 1. The molecule has 21 heavy (non-hydrogen) atoms. The number of rotatable bonds is 4. The second-order valence-corrected chi connectivity index (χ2v) is 5.24. The van der Waals surface area contributed by atoms with Gasteiger partial charge in [0.1, 0.15) is 12.4 Å². The largest absolute Gasteiger partial charge is 0.492 e. The summed E-state index contributed by atoms with van der Waals surface area (Å²) in [6, 6.07) is 7.88. The number of ether oxygens (including phenoxy) is 1. The van der Waals surface area contributed by atoms with Crippen LogP contribution in [0.1, 0.15) is 18.1 Å². The summed E-state index contributed by atoms with van der Waals surface area (Å²) >= 11 is 0. The Balaban J connectivity index is 1.57. The molecule has 0 saturated carbocycles. The van der Waals surface area contributed by atoms with Crippen LogP contribution in [0.25, 0.3) is 0 Å². The van der Waals surface area contributed by atoms with E-state index in [9.17, 15) is 4.79 Å². The third-order valence-electron chi connectivity index (χ3n) is 3.73. The lowest BCUT2D eigenvalue weighted by atomic mass is 9.96. The van der Waals surface area contributed by atoms with Crippen LogP contribution in [-0.4, -0.2) is 22.3 Å². The molecule has 5 nitrogen and oxygen atoms in total. The number of hydrogen-bond acceptors (Lipinski definition) is 3. The van der Waals surface area contributed by atoms with Crippen molar-refractivity contribution in [2.45, 2.75) is 26.4 Å². The number of hydrogen-bond donors (Lipinski definition) is 1. The topological polar surface area (TPSA) is 56.2 Å². The second-order valence-electron chi connectivity index (χ2n) is 5.24. The van der Waals surface area contributed by atoms with E-state index in [1.807, 2.05) is 42.1 Å². The molecule has 1 atom stereocenters. The third kappa shape index (κ3) is 3.07. The van der Waals surface area contributed by atoms with Crippen LogP contribution in [0.2, 0.25) is 0 Å². The summed E-state index contributed by atoms with van der Waals surface area (Å²) in [5.41, 5.74) is 2.12. The van der Waals surface area contributed by atoms with E-state index in [0.717, 1.165) is 29.8 Å². The number of benzene rings is 1. The quantitative estimate of drug-likeness (QED) is 0.931. The van der Waals surface area contributed by atoms with E-state index in [-0.39, 0.29) is 11.8 Å². The van der Waals surface area contributed by atoms with Gasteiger partial charge in [0.2, 0.25) is 5.91 Å². The first-order valence-corrected chi connectivity index (χ1v) is 7.26. The summed E-state index contributed by atoms with van der Waals surface area (Å²) in [7, 11) is 0. The smallest absolute Gasteiger partial charge is 0.227 e. The van der Waals surface area contributed by atoms with Crippen molar-refractivity contribution in [1.29, 1.82) is 0 Å².